The van der Waals surface area contributed by atoms with E-state index < -0.39 is 0 Å². The zero-order chi connectivity index (χ0) is 13.5. The van der Waals surface area contributed by atoms with Crippen LogP contribution in [0.5, 0.6) is 0 Å². The number of hydrogen-bond acceptors (Lipinski definition) is 2. The standard InChI is InChI=1S/C16H23N3/c1-3-16(14-8-5-4-6-9-14)17-11-7-10-15-12-18-19-13(15)2/h4-6,8-9,12,16-17H,3,7,10-11H2,1-2H3,(H,18,19). The van der Waals surface area contributed by atoms with Crippen molar-refractivity contribution in [3.8, 4) is 0 Å². The lowest BCUT2D eigenvalue weighted by Gasteiger charge is -2.17. The van der Waals surface area contributed by atoms with Crippen LogP contribution in [0.25, 0.3) is 0 Å². The number of hydrogen-bond donors (Lipinski definition) is 2. The molecule has 1 aromatic heterocycles. The Morgan fingerprint density at radius 3 is 2.68 bits per heavy atom. The number of benzene rings is 1. The van der Waals surface area contributed by atoms with Crippen molar-refractivity contribution in [3.05, 3.63) is 53.3 Å². The van der Waals surface area contributed by atoms with Gasteiger partial charge >= 0.3 is 0 Å². The first kappa shape index (κ1) is 13.8. The lowest BCUT2D eigenvalue weighted by molar-refractivity contribution is 0.510. The highest BCUT2D eigenvalue weighted by atomic mass is 15.1. The first-order chi connectivity index (χ1) is 9.31. The minimum Gasteiger partial charge on any atom is -0.310 e. The number of nitrogens with one attached hydrogen (secondary N) is 2. The molecule has 0 aliphatic carbocycles. The second kappa shape index (κ2) is 7.10. The summed E-state index contributed by atoms with van der Waals surface area (Å²) in [6, 6.07) is 11.1. The van der Waals surface area contributed by atoms with E-state index in [0.29, 0.717) is 6.04 Å². The minimum atomic E-state index is 0.464. The monoisotopic (exact) mass is 257 g/mol. The van der Waals surface area contributed by atoms with Crippen LogP contribution in [0.3, 0.4) is 0 Å². The summed E-state index contributed by atoms with van der Waals surface area (Å²) in [5.41, 5.74) is 3.90. The molecule has 0 amide bonds. The lowest BCUT2D eigenvalue weighted by atomic mass is 10.0. The van der Waals surface area contributed by atoms with Crippen LogP contribution in [0.2, 0.25) is 0 Å². The molecule has 0 fully saturated rings. The Hall–Kier alpha value is -1.61. The fourth-order valence-electron chi connectivity index (χ4n) is 2.37. The van der Waals surface area contributed by atoms with Crippen molar-refractivity contribution >= 4 is 0 Å². The molecule has 0 bridgehead atoms. The lowest BCUT2D eigenvalue weighted by Crippen LogP contribution is -2.22. The van der Waals surface area contributed by atoms with Crippen LogP contribution in [0, 0.1) is 6.92 Å². The van der Waals surface area contributed by atoms with Crippen LogP contribution in [-0.4, -0.2) is 16.7 Å². The fraction of sp³-hybridized carbons (Fsp3) is 0.438. The van der Waals surface area contributed by atoms with E-state index in [1.165, 1.54) is 16.8 Å². The van der Waals surface area contributed by atoms with Gasteiger partial charge in [0.25, 0.3) is 0 Å². The molecule has 0 aliphatic heterocycles. The predicted octanol–water partition coefficient (Wildman–Crippen LogP) is 3.39. The predicted molar refractivity (Wildman–Crippen MR) is 79.1 cm³/mol. The summed E-state index contributed by atoms with van der Waals surface area (Å²) in [6.07, 6.45) is 5.28. The molecule has 2 aromatic rings. The Morgan fingerprint density at radius 2 is 2.05 bits per heavy atom. The molecule has 0 radical (unpaired) electrons. The molecule has 3 nitrogen and oxygen atoms in total. The van der Waals surface area contributed by atoms with E-state index in [2.05, 4.69) is 59.7 Å². The maximum Gasteiger partial charge on any atom is 0.0522 e. The average molecular weight is 257 g/mol. The summed E-state index contributed by atoms with van der Waals surface area (Å²) < 4.78 is 0. The third kappa shape index (κ3) is 3.93. The highest BCUT2D eigenvalue weighted by Gasteiger charge is 2.07. The van der Waals surface area contributed by atoms with E-state index >= 15 is 0 Å². The third-order valence-corrected chi connectivity index (χ3v) is 3.56. The Bertz CT molecular complexity index is 476. The molecule has 2 rings (SSSR count). The van der Waals surface area contributed by atoms with E-state index in [1.54, 1.807) is 0 Å². The number of nitrogens with zero attached hydrogens (tertiary/aromatic N) is 1. The van der Waals surface area contributed by atoms with Crippen LogP contribution in [0.15, 0.2) is 36.5 Å². The molecule has 1 atom stereocenters. The van der Waals surface area contributed by atoms with Crippen molar-refractivity contribution in [3.63, 3.8) is 0 Å². The SMILES string of the molecule is CCC(NCCCc1cn[nH]c1C)c1ccccc1. The molecule has 2 N–H and O–H groups in total. The molecule has 19 heavy (non-hydrogen) atoms. The minimum absolute atomic E-state index is 0.464. The van der Waals surface area contributed by atoms with Crippen molar-refractivity contribution in [2.24, 2.45) is 0 Å². The zero-order valence-corrected chi connectivity index (χ0v) is 11.8. The van der Waals surface area contributed by atoms with E-state index in [1.807, 2.05) is 6.20 Å². The van der Waals surface area contributed by atoms with Gasteiger partial charge in [-0.3, -0.25) is 5.10 Å². The number of H-pyrrole nitrogens is 1. The molecule has 1 heterocycles. The van der Waals surface area contributed by atoms with Gasteiger partial charge in [0.1, 0.15) is 0 Å². The zero-order valence-electron chi connectivity index (χ0n) is 11.8. The van der Waals surface area contributed by atoms with Gasteiger partial charge in [0.2, 0.25) is 0 Å². The van der Waals surface area contributed by atoms with Crippen molar-refractivity contribution in [1.29, 1.82) is 0 Å². The first-order valence-electron chi connectivity index (χ1n) is 7.08. The highest BCUT2D eigenvalue weighted by Crippen LogP contribution is 2.15. The molecule has 3 heteroatoms. The summed E-state index contributed by atoms with van der Waals surface area (Å²) in [6.45, 7) is 5.34. The van der Waals surface area contributed by atoms with E-state index in [-0.39, 0.29) is 0 Å². The molecular formula is C16H23N3. The van der Waals surface area contributed by atoms with Crippen molar-refractivity contribution < 1.29 is 0 Å². The van der Waals surface area contributed by atoms with Gasteiger partial charge in [0.15, 0.2) is 0 Å². The van der Waals surface area contributed by atoms with Crippen molar-refractivity contribution in [1.82, 2.24) is 15.5 Å². The smallest absolute Gasteiger partial charge is 0.0522 e. The van der Waals surface area contributed by atoms with E-state index in [4.69, 9.17) is 0 Å². The molecule has 0 spiro atoms. The maximum absolute atomic E-state index is 4.05. The van der Waals surface area contributed by atoms with Crippen LogP contribution >= 0.6 is 0 Å². The van der Waals surface area contributed by atoms with Crippen molar-refractivity contribution in [2.75, 3.05) is 6.54 Å². The Balaban J connectivity index is 1.77. The van der Waals surface area contributed by atoms with Gasteiger partial charge in [0.05, 0.1) is 6.20 Å². The summed E-state index contributed by atoms with van der Waals surface area (Å²) >= 11 is 0. The molecule has 1 unspecified atom stereocenters. The quantitative estimate of drug-likeness (QED) is 0.746. The average Bonchev–Trinajstić information content (AvgIpc) is 2.85. The molecule has 1 aromatic carbocycles. The topological polar surface area (TPSA) is 40.7 Å². The number of aryl methyl sites for hydroxylation is 2. The van der Waals surface area contributed by atoms with E-state index in [0.717, 1.165) is 25.8 Å². The van der Waals surface area contributed by atoms with Crippen LogP contribution in [0.1, 0.15) is 42.6 Å². The summed E-state index contributed by atoms with van der Waals surface area (Å²) in [5.74, 6) is 0. The molecule has 0 saturated heterocycles. The van der Waals surface area contributed by atoms with Gasteiger partial charge < -0.3 is 5.32 Å². The largest absolute Gasteiger partial charge is 0.310 e. The van der Waals surface area contributed by atoms with Gasteiger partial charge in [0, 0.05) is 11.7 Å². The fourth-order valence-corrected chi connectivity index (χ4v) is 2.37. The van der Waals surface area contributed by atoms with Crippen LogP contribution < -0.4 is 5.32 Å². The van der Waals surface area contributed by atoms with E-state index in [9.17, 15) is 0 Å². The summed E-state index contributed by atoms with van der Waals surface area (Å²) in [5, 5.41) is 10.7. The summed E-state index contributed by atoms with van der Waals surface area (Å²) in [7, 11) is 0. The van der Waals surface area contributed by atoms with Gasteiger partial charge in [-0.05, 0) is 43.9 Å². The Labute approximate surface area is 115 Å². The maximum atomic E-state index is 4.05. The normalized spacial score (nSPS) is 12.5. The van der Waals surface area contributed by atoms with Gasteiger partial charge in [-0.15, -0.1) is 0 Å². The van der Waals surface area contributed by atoms with Gasteiger partial charge in [-0.25, -0.2) is 0 Å². The van der Waals surface area contributed by atoms with Crippen LogP contribution in [-0.2, 0) is 6.42 Å². The van der Waals surface area contributed by atoms with Crippen LogP contribution in [0.4, 0.5) is 0 Å². The number of aromatic nitrogens is 2. The third-order valence-electron chi connectivity index (χ3n) is 3.56. The second-order valence-electron chi connectivity index (χ2n) is 4.95. The first-order valence-corrected chi connectivity index (χ1v) is 7.08. The highest BCUT2D eigenvalue weighted by molar-refractivity contribution is 5.18. The number of aromatic amines is 1. The Morgan fingerprint density at radius 1 is 1.26 bits per heavy atom. The van der Waals surface area contributed by atoms with Crippen molar-refractivity contribution in [2.45, 2.75) is 39.2 Å². The Kier molecular flexibility index (Phi) is 5.16. The van der Waals surface area contributed by atoms with Gasteiger partial charge in [-0.2, -0.15) is 5.10 Å². The number of rotatable bonds is 7. The summed E-state index contributed by atoms with van der Waals surface area (Å²) in [4.78, 5) is 0. The molecule has 102 valence electrons. The second-order valence-corrected chi connectivity index (χ2v) is 4.95. The molecular weight excluding hydrogens is 234 g/mol. The molecule has 0 aliphatic rings. The molecule has 0 saturated carbocycles. The van der Waals surface area contributed by atoms with Gasteiger partial charge in [-0.1, -0.05) is 37.3 Å².